The van der Waals surface area contributed by atoms with Gasteiger partial charge in [-0.15, -0.1) is 0 Å². The number of piperidine rings is 1. The number of aromatic nitrogens is 2. The van der Waals surface area contributed by atoms with Crippen LogP contribution in [0.3, 0.4) is 0 Å². The number of rotatable bonds is 5. The fraction of sp³-hybridized carbons (Fsp3) is 0.583. The predicted octanol–water partition coefficient (Wildman–Crippen LogP) is -0.0639. The van der Waals surface area contributed by atoms with E-state index in [1.165, 1.54) is 6.20 Å². The summed E-state index contributed by atoms with van der Waals surface area (Å²) in [6.45, 7) is 2.00. The molecule has 0 spiro atoms. The number of hydrogen-bond acceptors (Lipinski definition) is 4. The molecule has 19 heavy (non-hydrogen) atoms. The van der Waals surface area contributed by atoms with Crippen LogP contribution in [0.25, 0.3) is 0 Å². The highest BCUT2D eigenvalue weighted by Crippen LogP contribution is 2.17. The van der Waals surface area contributed by atoms with Crippen LogP contribution in [0.15, 0.2) is 12.4 Å². The van der Waals surface area contributed by atoms with Crippen molar-refractivity contribution in [2.75, 3.05) is 26.2 Å². The number of carboxylic acid groups (broad SMARTS) is 1. The molecule has 2 heterocycles. The number of carbonyl (C=O) groups is 2. The lowest BCUT2D eigenvalue weighted by atomic mass is 9.97. The van der Waals surface area contributed by atoms with Gasteiger partial charge >= 0.3 is 5.97 Å². The molecule has 1 amide bonds. The van der Waals surface area contributed by atoms with Crippen molar-refractivity contribution in [3.63, 3.8) is 0 Å². The number of carbonyl (C=O) groups excluding carboxylic acids is 1. The molecule has 104 valence electrons. The van der Waals surface area contributed by atoms with E-state index in [2.05, 4.69) is 15.5 Å². The van der Waals surface area contributed by atoms with Gasteiger partial charge in [-0.05, 0) is 18.8 Å². The molecule has 1 aliphatic heterocycles. The molecule has 1 saturated heterocycles. The largest absolute Gasteiger partial charge is 0.480 e. The zero-order chi connectivity index (χ0) is 13.7. The summed E-state index contributed by atoms with van der Waals surface area (Å²) in [5.74, 6) is -0.567. The van der Waals surface area contributed by atoms with E-state index in [1.807, 2.05) is 4.90 Å². The minimum Gasteiger partial charge on any atom is -0.480 e. The van der Waals surface area contributed by atoms with Gasteiger partial charge in [-0.3, -0.25) is 14.7 Å². The van der Waals surface area contributed by atoms with Crippen LogP contribution in [0.4, 0.5) is 0 Å². The van der Waals surface area contributed by atoms with Gasteiger partial charge < -0.3 is 15.3 Å². The van der Waals surface area contributed by atoms with Gasteiger partial charge in [-0.2, -0.15) is 5.10 Å². The summed E-state index contributed by atoms with van der Waals surface area (Å²) in [6, 6.07) is 0. The first-order valence-corrected chi connectivity index (χ1v) is 6.37. The number of aromatic amines is 1. The molecular formula is C12H18N4O3. The minimum absolute atomic E-state index is 0.0170. The van der Waals surface area contributed by atoms with Crippen LogP contribution in [0.2, 0.25) is 0 Å². The second kappa shape index (κ2) is 6.33. The summed E-state index contributed by atoms with van der Waals surface area (Å²) < 4.78 is 0. The number of likely N-dealkylation sites (tertiary alicyclic amines) is 1. The molecular weight excluding hydrogens is 248 g/mol. The van der Waals surface area contributed by atoms with Crippen LogP contribution in [-0.4, -0.2) is 58.3 Å². The Morgan fingerprint density at radius 1 is 1.58 bits per heavy atom. The quantitative estimate of drug-likeness (QED) is 0.693. The van der Waals surface area contributed by atoms with Crippen molar-refractivity contribution in [3.05, 3.63) is 18.0 Å². The van der Waals surface area contributed by atoms with Crippen molar-refractivity contribution in [1.29, 1.82) is 0 Å². The number of carboxylic acids is 1. The fourth-order valence-corrected chi connectivity index (χ4v) is 2.35. The summed E-state index contributed by atoms with van der Waals surface area (Å²) in [5.41, 5.74) is 0.569. The molecule has 0 radical (unpaired) electrons. The van der Waals surface area contributed by atoms with Crippen LogP contribution in [0, 0.1) is 5.92 Å². The molecule has 0 bridgehead atoms. The van der Waals surface area contributed by atoms with Crippen LogP contribution in [0.5, 0.6) is 0 Å². The highest BCUT2D eigenvalue weighted by molar-refractivity contribution is 5.93. The number of hydrogen-bond donors (Lipinski definition) is 3. The smallest absolute Gasteiger partial charge is 0.317 e. The number of nitrogens with one attached hydrogen (secondary N) is 2. The van der Waals surface area contributed by atoms with Gasteiger partial charge in [-0.1, -0.05) is 0 Å². The molecule has 2 rings (SSSR count). The maximum absolute atomic E-state index is 12.1. The molecule has 1 aromatic rings. The molecule has 0 aliphatic carbocycles. The first kappa shape index (κ1) is 13.5. The van der Waals surface area contributed by atoms with Gasteiger partial charge in [-0.25, -0.2) is 0 Å². The molecule has 0 saturated carbocycles. The SMILES string of the molecule is O=C(O)CNCC1CCCN(C(=O)c2cn[nH]c2)C1. The first-order chi connectivity index (χ1) is 9.16. The topological polar surface area (TPSA) is 98.3 Å². The first-order valence-electron chi connectivity index (χ1n) is 6.37. The Kier molecular flexibility index (Phi) is 4.51. The normalized spacial score (nSPS) is 19.4. The molecule has 7 nitrogen and oxygen atoms in total. The van der Waals surface area contributed by atoms with Crippen LogP contribution in [0.1, 0.15) is 23.2 Å². The Morgan fingerprint density at radius 2 is 2.42 bits per heavy atom. The third kappa shape index (κ3) is 3.78. The third-order valence-electron chi connectivity index (χ3n) is 3.26. The van der Waals surface area contributed by atoms with Gasteiger partial charge in [0.2, 0.25) is 0 Å². The van der Waals surface area contributed by atoms with Crippen molar-refractivity contribution in [2.24, 2.45) is 5.92 Å². The van der Waals surface area contributed by atoms with E-state index in [0.717, 1.165) is 19.4 Å². The van der Waals surface area contributed by atoms with Gasteiger partial charge in [0.15, 0.2) is 0 Å². The average molecular weight is 266 g/mol. The Labute approximate surface area is 111 Å². The predicted molar refractivity (Wildman–Crippen MR) is 67.7 cm³/mol. The second-order valence-corrected chi connectivity index (χ2v) is 4.77. The Bertz CT molecular complexity index is 432. The molecule has 0 aromatic carbocycles. The van der Waals surface area contributed by atoms with Gasteiger partial charge in [0.25, 0.3) is 5.91 Å². The molecule has 1 unspecified atom stereocenters. The lowest BCUT2D eigenvalue weighted by Crippen LogP contribution is -2.43. The lowest BCUT2D eigenvalue weighted by Gasteiger charge is -2.32. The van der Waals surface area contributed by atoms with Crippen molar-refractivity contribution in [1.82, 2.24) is 20.4 Å². The summed E-state index contributed by atoms with van der Waals surface area (Å²) in [7, 11) is 0. The van der Waals surface area contributed by atoms with Gasteiger partial charge in [0, 0.05) is 25.8 Å². The lowest BCUT2D eigenvalue weighted by molar-refractivity contribution is -0.136. The summed E-state index contributed by atoms with van der Waals surface area (Å²) in [6.07, 6.45) is 5.08. The minimum atomic E-state index is -0.859. The van der Waals surface area contributed by atoms with Gasteiger partial charge in [0.1, 0.15) is 0 Å². The molecule has 3 N–H and O–H groups in total. The Balaban J connectivity index is 1.83. The maximum Gasteiger partial charge on any atom is 0.317 e. The van der Waals surface area contributed by atoms with Crippen molar-refractivity contribution in [3.8, 4) is 0 Å². The molecule has 1 atom stereocenters. The third-order valence-corrected chi connectivity index (χ3v) is 3.26. The van der Waals surface area contributed by atoms with Crippen molar-refractivity contribution < 1.29 is 14.7 Å². The number of amides is 1. The van der Waals surface area contributed by atoms with E-state index in [4.69, 9.17) is 5.11 Å². The highest BCUT2D eigenvalue weighted by Gasteiger charge is 2.24. The monoisotopic (exact) mass is 266 g/mol. The zero-order valence-corrected chi connectivity index (χ0v) is 10.6. The summed E-state index contributed by atoms with van der Waals surface area (Å²) >= 11 is 0. The Morgan fingerprint density at radius 3 is 3.11 bits per heavy atom. The van der Waals surface area contributed by atoms with Crippen molar-refractivity contribution in [2.45, 2.75) is 12.8 Å². The molecule has 7 heteroatoms. The fourth-order valence-electron chi connectivity index (χ4n) is 2.35. The average Bonchev–Trinajstić information content (AvgIpc) is 2.91. The maximum atomic E-state index is 12.1. The standard InChI is InChI=1S/C12H18N4O3/c17-11(18)7-13-4-9-2-1-3-16(8-9)12(19)10-5-14-15-6-10/h5-6,9,13H,1-4,7-8H2,(H,14,15)(H,17,18). The van der Waals surface area contributed by atoms with E-state index in [1.54, 1.807) is 6.20 Å². The number of nitrogens with zero attached hydrogens (tertiary/aromatic N) is 2. The van der Waals surface area contributed by atoms with E-state index >= 15 is 0 Å². The summed E-state index contributed by atoms with van der Waals surface area (Å²) in [4.78, 5) is 24.4. The highest BCUT2D eigenvalue weighted by atomic mass is 16.4. The molecule has 1 fully saturated rings. The van der Waals surface area contributed by atoms with E-state index in [-0.39, 0.29) is 12.5 Å². The van der Waals surface area contributed by atoms with E-state index in [0.29, 0.717) is 24.6 Å². The molecule has 1 aliphatic rings. The van der Waals surface area contributed by atoms with Crippen LogP contribution < -0.4 is 5.32 Å². The Hall–Kier alpha value is -1.89. The number of aliphatic carboxylic acids is 1. The number of H-pyrrole nitrogens is 1. The second-order valence-electron chi connectivity index (χ2n) is 4.77. The van der Waals surface area contributed by atoms with E-state index in [9.17, 15) is 9.59 Å². The molecule has 1 aromatic heterocycles. The zero-order valence-electron chi connectivity index (χ0n) is 10.6. The summed E-state index contributed by atoms with van der Waals surface area (Å²) in [5, 5.41) is 17.9. The van der Waals surface area contributed by atoms with Crippen molar-refractivity contribution >= 4 is 11.9 Å². The van der Waals surface area contributed by atoms with Crippen LogP contribution >= 0.6 is 0 Å². The van der Waals surface area contributed by atoms with Gasteiger partial charge in [0.05, 0.1) is 18.3 Å². The van der Waals surface area contributed by atoms with E-state index < -0.39 is 5.97 Å². The van der Waals surface area contributed by atoms with Crippen LogP contribution in [-0.2, 0) is 4.79 Å².